The zero-order valence-electron chi connectivity index (χ0n) is 23.4. The number of hydrogen-bond acceptors (Lipinski definition) is 5. The zero-order valence-corrected chi connectivity index (χ0v) is 23.4. The van der Waals surface area contributed by atoms with Crippen molar-refractivity contribution in [2.45, 2.75) is 45.7 Å². The van der Waals surface area contributed by atoms with E-state index < -0.39 is 29.1 Å². The van der Waals surface area contributed by atoms with E-state index in [0.717, 1.165) is 5.56 Å². The minimum atomic E-state index is -0.723. The Balaban J connectivity index is 1.40. The summed E-state index contributed by atoms with van der Waals surface area (Å²) < 4.78 is 30.5. The molecule has 0 aliphatic carbocycles. The molecule has 2 aromatic carbocycles. The first-order valence-electron chi connectivity index (χ1n) is 13.2. The average Bonchev–Trinajstić information content (AvgIpc) is 3.36. The Kier molecular flexibility index (Phi) is 7.20. The van der Waals surface area contributed by atoms with Crippen LogP contribution in [0.4, 0.5) is 36.5 Å². The molecule has 3 N–H and O–H groups in total. The van der Waals surface area contributed by atoms with Gasteiger partial charge in [0.2, 0.25) is 5.91 Å². The van der Waals surface area contributed by atoms with Gasteiger partial charge in [-0.3, -0.25) is 9.48 Å². The Morgan fingerprint density at radius 2 is 1.78 bits per heavy atom. The topological polar surface area (TPSA) is 104 Å². The molecule has 9 nitrogen and oxygen atoms in total. The lowest BCUT2D eigenvalue weighted by Crippen LogP contribution is -2.39. The quantitative estimate of drug-likeness (QED) is 0.266. The van der Waals surface area contributed by atoms with E-state index in [1.807, 2.05) is 32.9 Å². The van der Waals surface area contributed by atoms with Crippen LogP contribution in [0.3, 0.4) is 0 Å². The minimum absolute atomic E-state index is 0.106. The second kappa shape index (κ2) is 10.6. The van der Waals surface area contributed by atoms with Crippen LogP contribution in [-0.4, -0.2) is 33.8 Å². The highest BCUT2D eigenvalue weighted by atomic mass is 19.1. The molecule has 1 aliphatic rings. The van der Waals surface area contributed by atoms with Gasteiger partial charge in [-0.2, -0.15) is 5.10 Å². The van der Waals surface area contributed by atoms with Gasteiger partial charge in [-0.05, 0) is 69.7 Å². The summed E-state index contributed by atoms with van der Waals surface area (Å²) in [5, 5.41) is 12.8. The molecule has 11 heteroatoms. The van der Waals surface area contributed by atoms with Crippen molar-refractivity contribution >= 4 is 34.8 Å². The molecule has 212 valence electrons. The summed E-state index contributed by atoms with van der Waals surface area (Å²) in [4.78, 5) is 32.4. The highest BCUT2D eigenvalue weighted by Gasteiger charge is 2.32. The first-order valence-corrected chi connectivity index (χ1v) is 13.2. The molecular formula is C30H31F2N7O2. The molecule has 0 radical (unpaired) electrons. The predicted octanol–water partition coefficient (Wildman–Crippen LogP) is 6.31. The lowest BCUT2D eigenvalue weighted by Gasteiger charge is -2.32. The van der Waals surface area contributed by atoms with Crippen molar-refractivity contribution in [3.05, 3.63) is 83.7 Å². The smallest absolute Gasteiger partial charge is 0.323 e. The van der Waals surface area contributed by atoms with E-state index in [2.05, 4.69) is 26.0 Å². The molecule has 0 fully saturated rings. The fourth-order valence-electron chi connectivity index (χ4n) is 4.68. The highest BCUT2D eigenvalue weighted by molar-refractivity contribution is 6.03. The van der Waals surface area contributed by atoms with Crippen LogP contribution in [-0.2, 0) is 16.9 Å². The third-order valence-electron chi connectivity index (χ3n) is 6.90. The largest absolute Gasteiger partial charge is 0.373 e. The van der Waals surface area contributed by atoms with Crippen LogP contribution >= 0.6 is 0 Å². The summed E-state index contributed by atoms with van der Waals surface area (Å²) in [6.07, 6.45) is 1.64. The monoisotopic (exact) mass is 559 g/mol. The van der Waals surface area contributed by atoms with Crippen LogP contribution in [0.5, 0.6) is 0 Å². The lowest BCUT2D eigenvalue weighted by molar-refractivity contribution is -0.120. The Bertz CT molecular complexity index is 1640. The third-order valence-corrected chi connectivity index (χ3v) is 6.90. The maximum atomic E-state index is 14.9. The van der Waals surface area contributed by atoms with Crippen LogP contribution in [0.2, 0.25) is 0 Å². The molecule has 2 aromatic heterocycles. The van der Waals surface area contributed by atoms with E-state index >= 15 is 0 Å². The van der Waals surface area contributed by atoms with E-state index in [1.165, 1.54) is 30.3 Å². The molecule has 3 amide bonds. The van der Waals surface area contributed by atoms with Crippen molar-refractivity contribution in [3.63, 3.8) is 0 Å². The van der Waals surface area contributed by atoms with Crippen LogP contribution < -0.4 is 20.9 Å². The number of nitrogens with one attached hydrogen (secondary N) is 3. The van der Waals surface area contributed by atoms with Crippen molar-refractivity contribution in [2.24, 2.45) is 0 Å². The molecular weight excluding hydrogens is 528 g/mol. The molecule has 3 heterocycles. The van der Waals surface area contributed by atoms with Gasteiger partial charge < -0.3 is 20.9 Å². The number of carbonyl (C=O) groups excluding carboxylic acids is 2. The fourth-order valence-corrected chi connectivity index (χ4v) is 4.68. The summed E-state index contributed by atoms with van der Waals surface area (Å²) in [7, 11) is 1.76. The number of aromatic nitrogens is 3. The first-order chi connectivity index (χ1) is 19.4. The van der Waals surface area contributed by atoms with E-state index in [4.69, 9.17) is 0 Å². The van der Waals surface area contributed by atoms with Crippen LogP contribution in [0.1, 0.15) is 44.9 Å². The van der Waals surface area contributed by atoms with Crippen molar-refractivity contribution in [1.82, 2.24) is 14.8 Å². The van der Waals surface area contributed by atoms with E-state index in [1.54, 1.807) is 41.9 Å². The fraction of sp³-hybridized carbons (Fsp3) is 0.267. The van der Waals surface area contributed by atoms with Gasteiger partial charge in [0.05, 0.1) is 35.1 Å². The number of halogens is 2. The SMILES string of the molecule is CNc1ccc2c(n1)C(C)C(=O)N(c1ccc(F)c(NC(=O)Nc3cn(C(C)(C)C)nc3-c3cccc(F)c3)c1)C2. The molecule has 1 unspecified atom stereocenters. The normalized spacial score (nSPS) is 15.0. The first kappa shape index (κ1) is 27.8. The maximum absolute atomic E-state index is 14.9. The van der Waals surface area contributed by atoms with Gasteiger partial charge in [0.25, 0.3) is 0 Å². The van der Waals surface area contributed by atoms with Crippen molar-refractivity contribution in [1.29, 1.82) is 0 Å². The van der Waals surface area contributed by atoms with Gasteiger partial charge in [0.15, 0.2) is 0 Å². The number of nitrogens with zero attached hydrogens (tertiary/aromatic N) is 4. The average molecular weight is 560 g/mol. The second-order valence-corrected chi connectivity index (χ2v) is 10.9. The predicted molar refractivity (Wildman–Crippen MR) is 155 cm³/mol. The number of pyridine rings is 1. The molecule has 0 saturated heterocycles. The molecule has 4 aromatic rings. The lowest BCUT2D eigenvalue weighted by atomic mass is 9.95. The summed E-state index contributed by atoms with van der Waals surface area (Å²) in [5.74, 6) is -1.13. The second-order valence-electron chi connectivity index (χ2n) is 10.9. The van der Waals surface area contributed by atoms with Gasteiger partial charge in [0.1, 0.15) is 23.1 Å². The van der Waals surface area contributed by atoms with Gasteiger partial charge in [-0.25, -0.2) is 18.6 Å². The number of benzene rings is 2. The van der Waals surface area contributed by atoms with E-state index in [9.17, 15) is 18.4 Å². The summed E-state index contributed by atoms with van der Waals surface area (Å²) in [5.41, 5.74) is 2.66. The Labute approximate surface area is 236 Å². The number of amides is 3. The van der Waals surface area contributed by atoms with Gasteiger partial charge in [-0.1, -0.05) is 18.2 Å². The van der Waals surface area contributed by atoms with E-state index in [-0.39, 0.29) is 18.1 Å². The Morgan fingerprint density at radius 3 is 2.49 bits per heavy atom. The van der Waals surface area contributed by atoms with Crippen LogP contribution in [0.15, 0.2) is 60.8 Å². The van der Waals surface area contributed by atoms with Gasteiger partial charge in [-0.15, -0.1) is 0 Å². The molecule has 0 bridgehead atoms. The third kappa shape index (κ3) is 5.60. The number of anilines is 4. The number of hydrogen-bond donors (Lipinski definition) is 3. The maximum Gasteiger partial charge on any atom is 0.323 e. The summed E-state index contributed by atoms with van der Waals surface area (Å²) in [6, 6.07) is 13.0. The molecule has 41 heavy (non-hydrogen) atoms. The molecule has 0 saturated carbocycles. The van der Waals surface area contributed by atoms with Crippen LogP contribution in [0.25, 0.3) is 11.3 Å². The van der Waals surface area contributed by atoms with Gasteiger partial charge >= 0.3 is 6.03 Å². The number of fused-ring (bicyclic) bond motifs is 1. The Morgan fingerprint density at radius 1 is 1.02 bits per heavy atom. The van der Waals surface area contributed by atoms with E-state index in [0.29, 0.717) is 34.1 Å². The highest BCUT2D eigenvalue weighted by Crippen LogP contribution is 2.34. The minimum Gasteiger partial charge on any atom is -0.373 e. The standard InChI is InChI=1S/C30H31F2N7O2/c1-17-26-19(9-12-25(33-5)36-26)15-38(28(17)40)21-10-11-22(32)23(14-21)34-29(41)35-24-16-39(30(2,3)4)37-27(24)18-7-6-8-20(31)13-18/h6-14,16-17H,15H2,1-5H3,(H,33,36)(H2,34,35,41). The van der Waals surface area contributed by atoms with Crippen LogP contribution in [0, 0.1) is 11.6 Å². The molecule has 1 atom stereocenters. The number of carbonyl (C=O) groups is 2. The number of rotatable bonds is 5. The number of urea groups is 1. The molecule has 0 spiro atoms. The van der Waals surface area contributed by atoms with Gasteiger partial charge in [0, 0.05) is 24.5 Å². The summed E-state index contributed by atoms with van der Waals surface area (Å²) in [6.45, 7) is 7.87. The molecule has 1 aliphatic heterocycles. The summed E-state index contributed by atoms with van der Waals surface area (Å²) >= 11 is 0. The Hall–Kier alpha value is -4.80. The molecule has 5 rings (SSSR count). The zero-order chi connectivity index (χ0) is 29.5. The van der Waals surface area contributed by atoms with Crippen molar-refractivity contribution in [3.8, 4) is 11.3 Å². The van der Waals surface area contributed by atoms with Crippen molar-refractivity contribution < 1.29 is 18.4 Å². The van der Waals surface area contributed by atoms with Crippen molar-refractivity contribution in [2.75, 3.05) is 27.9 Å².